The van der Waals surface area contributed by atoms with Gasteiger partial charge < -0.3 is 16.8 Å². The van der Waals surface area contributed by atoms with Crippen molar-refractivity contribution in [1.29, 1.82) is 0 Å². The van der Waals surface area contributed by atoms with E-state index in [1.807, 2.05) is 48.7 Å². The molecule has 5 N–H and O–H groups in total. The van der Waals surface area contributed by atoms with E-state index in [1.165, 1.54) is 22.7 Å². The topological polar surface area (TPSA) is 111 Å². The second kappa shape index (κ2) is 8.49. The highest BCUT2D eigenvalue weighted by Crippen LogP contribution is 2.37. The number of primary amides is 1. The van der Waals surface area contributed by atoms with E-state index in [-0.39, 0.29) is 5.91 Å². The van der Waals surface area contributed by atoms with Gasteiger partial charge in [-0.2, -0.15) is 0 Å². The van der Waals surface area contributed by atoms with Crippen LogP contribution in [0.2, 0.25) is 0 Å². The number of rotatable bonds is 6. The summed E-state index contributed by atoms with van der Waals surface area (Å²) in [4.78, 5) is 31.0. The van der Waals surface area contributed by atoms with Crippen molar-refractivity contribution in [1.82, 2.24) is 4.98 Å². The summed E-state index contributed by atoms with van der Waals surface area (Å²) in [6, 6.07) is 11.6. The van der Waals surface area contributed by atoms with Crippen molar-refractivity contribution in [2.75, 3.05) is 11.1 Å². The zero-order valence-corrected chi connectivity index (χ0v) is 18.8. The highest BCUT2D eigenvalue weighted by atomic mass is 32.1. The first-order valence-corrected chi connectivity index (χ1v) is 11.6. The summed E-state index contributed by atoms with van der Waals surface area (Å²) in [5.41, 5.74) is 16.2. The van der Waals surface area contributed by atoms with Crippen molar-refractivity contribution in [3.05, 3.63) is 63.5 Å². The molecule has 4 rings (SSSR count). The number of aryl methyl sites for hydroxylation is 2. The molecule has 0 aliphatic rings. The van der Waals surface area contributed by atoms with Crippen molar-refractivity contribution in [3.8, 4) is 11.1 Å². The number of nitrogen functional groups attached to an aromatic ring is 1. The monoisotopic (exact) mass is 450 g/mol. The molecule has 0 radical (unpaired) electrons. The Morgan fingerprint density at radius 1 is 1.13 bits per heavy atom. The molecule has 0 fully saturated rings. The van der Waals surface area contributed by atoms with E-state index in [0.717, 1.165) is 39.9 Å². The molecule has 6 nitrogen and oxygen atoms in total. The fourth-order valence-electron chi connectivity index (χ4n) is 3.40. The number of anilines is 2. The van der Waals surface area contributed by atoms with Gasteiger partial charge in [-0.05, 0) is 31.0 Å². The summed E-state index contributed by atoms with van der Waals surface area (Å²) in [7, 11) is 0. The van der Waals surface area contributed by atoms with Crippen LogP contribution in [0.5, 0.6) is 0 Å². The van der Waals surface area contributed by atoms with Crippen LogP contribution in [0.1, 0.15) is 44.6 Å². The number of aromatic nitrogens is 1. The number of benzene rings is 1. The molecule has 0 bridgehead atoms. The van der Waals surface area contributed by atoms with Crippen LogP contribution >= 0.6 is 22.7 Å². The second-order valence-corrected chi connectivity index (χ2v) is 9.17. The van der Waals surface area contributed by atoms with E-state index in [1.54, 1.807) is 0 Å². The number of fused-ring (bicyclic) bond motifs is 1. The predicted molar refractivity (Wildman–Crippen MR) is 129 cm³/mol. The molecule has 0 unspecified atom stereocenters. The summed E-state index contributed by atoms with van der Waals surface area (Å²) in [5.74, 6) is -0.973. The molecule has 2 amide bonds. The van der Waals surface area contributed by atoms with Crippen molar-refractivity contribution in [3.63, 3.8) is 0 Å². The molecule has 1 aromatic carbocycles. The van der Waals surface area contributed by atoms with Crippen molar-refractivity contribution in [2.45, 2.75) is 26.7 Å². The summed E-state index contributed by atoms with van der Waals surface area (Å²) >= 11 is 2.51. The van der Waals surface area contributed by atoms with Crippen molar-refractivity contribution < 1.29 is 9.59 Å². The van der Waals surface area contributed by atoms with Crippen LogP contribution in [-0.4, -0.2) is 16.8 Å². The summed E-state index contributed by atoms with van der Waals surface area (Å²) < 4.78 is 0. The third kappa shape index (κ3) is 4.04. The van der Waals surface area contributed by atoms with Crippen LogP contribution in [0.25, 0.3) is 21.3 Å². The number of nitrogens with two attached hydrogens (primary N) is 2. The van der Waals surface area contributed by atoms with Gasteiger partial charge in [0.1, 0.15) is 14.7 Å². The first kappa shape index (κ1) is 21.0. The number of amides is 2. The average molecular weight is 451 g/mol. The third-order valence-corrected chi connectivity index (χ3v) is 7.00. The Labute approximate surface area is 187 Å². The maximum Gasteiger partial charge on any atom is 0.268 e. The molecule has 0 aliphatic heterocycles. The number of nitrogens with one attached hydrogen (secondary N) is 1. The Morgan fingerprint density at radius 2 is 1.87 bits per heavy atom. The highest BCUT2D eigenvalue weighted by Gasteiger charge is 2.23. The largest absolute Gasteiger partial charge is 0.397 e. The molecular formula is C23H22N4O2S2. The minimum absolute atomic E-state index is 0.297. The number of carbonyl (C=O) groups excluding carboxylic acids is 2. The number of nitrogens with zero attached hydrogens (tertiary/aromatic N) is 1. The zero-order valence-electron chi connectivity index (χ0n) is 17.2. The smallest absolute Gasteiger partial charge is 0.268 e. The summed E-state index contributed by atoms with van der Waals surface area (Å²) in [6.45, 7) is 4.09. The summed E-state index contributed by atoms with van der Waals surface area (Å²) in [5, 5.41) is 5.83. The molecule has 0 atom stereocenters. The van der Waals surface area contributed by atoms with E-state index >= 15 is 0 Å². The number of thiophene rings is 2. The standard InChI is InChI=1S/C23H22N4O2S2/c1-3-4-14-9-10-15-18(24)19(31-22(15)26-14)21(29)27-23-17(20(25)28)16(11-30-23)13-7-5-12(2)6-8-13/h5-11H,3-4,24H2,1-2H3,(H2,25,28)(H,27,29). The SMILES string of the molecule is CCCc1ccc2c(N)c(C(=O)Nc3scc(-c4ccc(C)cc4)c3C(N)=O)sc2n1. The van der Waals surface area contributed by atoms with Crippen molar-refractivity contribution >= 4 is 55.4 Å². The van der Waals surface area contributed by atoms with Gasteiger partial charge in [-0.15, -0.1) is 22.7 Å². The van der Waals surface area contributed by atoms with Crippen LogP contribution in [-0.2, 0) is 6.42 Å². The fraction of sp³-hybridized carbons (Fsp3) is 0.174. The van der Waals surface area contributed by atoms with Gasteiger partial charge in [0.25, 0.3) is 11.8 Å². The molecule has 4 aromatic rings. The lowest BCUT2D eigenvalue weighted by Crippen LogP contribution is -2.17. The fourth-order valence-corrected chi connectivity index (χ4v) is 5.38. The lowest BCUT2D eigenvalue weighted by molar-refractivity contribution is 0.100. The Bertz CT molecular complexity index is 1290. The van der Waals surface area contributed by atoms with Gasteiger partial charge in [-0.1, -0.05) is 43.2 Å². The first-order valence-electron chi connectivity index (χ1n) is 9.86. The Hall–Kier alpha value is -3.23. The molecule has 31 heavy (non-hydrogen) atoms. The van der Waals surface area contributed by atoms with E-state index in [2.05, 4.69) is 17.2 Å². The average Bonchev–Trinajstić information content (AvgIpc) is 3.30. The molecule has 158 valence electrons. The van der Waals surface area contributed by atoms with Gasteiger partial charge in [0.05, 0.1) is 11.3 Å². The molecule has 8 heteroatoms. The number of hydrogen-bond donors (Lipinski definition) is 3. The molecule has 0 saturated carbocycles. The van der Waals surface area contributed by atoms with Gasteiger partial charge in [0.2, 0.25) is 0 Å². The number of pyridine rings is 1. The normalized spacial score (nSPS) is 11.0. The maximum atomic E-state index is 13.0. The zero-order chi connectivity index (χ0) is 22.1. The van der Waals surface area contributed by atoms with Gasteiger partial charge in [-0.3, -0.25) is 9.59 Å². The minimum atomic E-state index is -0.595. The molecule has 0 saturated heterocycles. The van der Waals surface area contributed by atoms with Crippen LogP contribution in [0, 0.1) is 6.92 Å². The lowest BCUT2D eigenvalue weighted by atomic mass is 10.0. The lowest BCUT2D eigenvalue weighted by Gasteiger charge is -2.06. The van der Waals surface area contributed by atoms with Gasteiger partial charge in [-0.25, -0.2) is 4.98 Å². The maximum absolute atomic E-state index is 13.0. The molecule has 3 heterocycles. The quantitative estimate of drug-likeness (QED) is 0.374. The van der Waals surface area contributed by atoms with Crippen LogP contribution < -0.4 is 16.8 Å². The highest BCUT2D eigenvalue weighted by molar-refractivity contribution is 7.21. The molecule has 0 aliphatic carbocycles. The van der Waals surface area contributed by atoms with E-state index in [9.17, 15) is 9.59 Å². The van der Waals surface area contributed by atoms with E-state index in [4.69, 9.17) is 11.5 Å². The van der Waals surface area contributed by atoms with E-state index in [0.29, 0.717) is 26.7 Å². The van der Waals surface area contributed by atoms with Gasteiger partial charge in [0, 0.05) is 22.0 Å². The minimum Gasteiger partial charge on any atom is -0.397 e. The number of hydrogen-bond acceptors (Lipinski definition) is 6. The number of carbonyl (C=O) groups is 2. The Kier molecular flexibility index (Phi) is 5.75. The Morgan fingerprint density at radius 3 is 2.55 bits per heavy atom. The predicted octanol–water partition coefficient (Wildman–Crippen LogP) is 5.22. The molecular weight excluding hydrogens is 428 g/mol. The third-order valence-electron chi connectivity index (χ3n) is 4.99. The molecule has 0 spiro atoms. The molecule has 3 aromatic heterocycles. The second-order valence-electron chi connectivity index (χ2n) is 7.29. The van der Waals surface area contributed by atoms with Crippen LogP contribution in [0.4, 0.5) is 10.7 Å². The Balaban J connectivity index is 1.68. The summed E-state index contributed by atoms with van der Waals surface area (Å²) in [6.07, 6.45) is 1.86. The van der Waals surface area contributed by atoms with Crippen LogP contribution in [0.15, 0.2) is 41.8 Å². The van der Waals surface area contributed by atoms with Gasteiger partial charge >= 0.3 is 0 Å². The van der Waals surface area contributed by atoms with Gasteiger partial charge in [0.15, 0.2) is 0 Å². The van der Waals surface area contributed by atoms with Crippen molar-refractivity contribution in [2.24, 2.45) is 5.73 Å². The first-order chi connectivity index (χ1) is 14.9. The van der Waals surface area contributed by atoms with Crippen LogP contribution in [0.3, 0.4) is 0 Å². The van der Waals surface area contributed by atoms with E-state index < -0.39 is 5.91 Å².